The van der Waals surface area contributed by atoms with Crippen LogP contribution >= 0.6 is 0 Å². The summed E-state index contributed by atoms with van der Waals surface area (Å²) in [6, 6.07) is -0.214. The summed E-state index contributed by atoms with van der Waals surface area (Å²) in [6.07, 6.45) is 3.72. The molecular weight excluding hydrogens is 168 g/mol. The largest absolute Gasteiger partial charge is 0.325 e. The Hall–Kier alpha value is -1.06. The van der Waals surface area contributed by atoms with Gasteiger partial charge in [0.1, 0.15) is 5.54 Å². The molecule has 0 atom stereocenters. The molecule has 1 spiro atoms. The number of amides is 3. The molecular formula is C9H14N2O2. The molecule has 4 nitrogen and oxygen atoms in total. The highest BCUT2D eigenvalue weighted by Crippen LogP contribution is 2.34. The van der Waals surface area contributed by atoms with Gasteiger partial charge in [-0.1, -0.05) is 12.8 Å². The van der Waals surface area contributed by atoms with Gasteiger partial charge in [0, 0.05) is 6.54 Å². The van der Waals surface area contributed by atoms with Gasteiger partial charge in [0.2, 0.25) is 0 Å². The number of carbonyl (C=O) groups excluding carboxylic acids is 2. The molecule has 0 unspecified atom stereocenters. The van der Waals surface area contributed by atoms with Crippen molar-refractivity contribution in [3.63, 3.8) is 0 Å². The van der Waals surface area contributed by atoms with Crippen LogP contribution in [0.1, 0.15) is 32.6 Å². The fourth-order valence-electron chi connectivity index (χ4n) is 2.28. The molecule has 0 bridgehead atoms. The van der Waals surface area contributed by atoms with Crippen LogP contribution in [-0.2, 0) is 4.79 Å². The maximum atomic E-state index is 11.8. The molecule has 0 radical (unpaired) electrons. The summed E-state index contributed by atoms with van der Waals surface area (Å²) in [7, 11) is 0. The molecule has 72 valence electrons. The topological polar surface area (TPSA) is 49.4 Å². The summed E-state index contributed by atoms with van der Waals surface area (Å²) in [6.45, 7) is 2.30. The van der Waals surface area contributed by atoms with E-state index in [1.54, 1.807) is 0 Å². The molecule has 4 heteroatoms. The minimum atomic E-state index is -0.521. The van der Waals surface area contributed by atoms with Gasteiger partial charge in [-0.2, -0.15) is 0 Å². The highest BCUT2D eigenvalue weighted by atomic mass is 16.2. The maximum Gasteiger partial charge on any atom is 0.325 e. The summed E-state index contributed by atoms with van der Waals surface area (Å²) in [4.78, 5) is 24.5. The Morgan fingerprint density at radius 2 is 2.00 bits per heavy atom. The molecule has 1 heterocycles. The molecule has 13 heavy (non-hydrogen) atoms. The van der Waals surface area contributed by atoms with Crippen molar-refractivity contribution in [1.29, 1.82) is 0 Å². The molecule has 2 fully saturated rings. The lowest BCUT2D eigenvalue weighted by atomic mass is 9.98. The lowest BCUT2D eigenvalue weighted by Gasteiger charge is -2.19. The van der Waals surface area contributed by atoms with Crippen LogP contribution in [0.4, 0.5) is 4.79 Å². The van der Waals surface area contributed by atoms with Crippen molar-refractivity contribution in [2.75, 3.05) is 6.54 Å². The average Bonchev–Trinajstić information content (AvgIpc) is 2.62. The summed E-state index contributed by atoms with van der Waals surface area (Å²) < 4.78 is 0. The zero-order chi connectivity index (χ0) is 9.47. The molecule has 1 aliphatic carbocycles. The molecule has 2 rings (SSSR count). The van der Waals surface area contributed by atoms with E-state index in [4.69, 9.17) is 0 Å². The molecule has 1 saturated heterocycles. The Bertz CT molecular complexity index is 256. The summed E-state index contributed by atoms with van der Waals surface area (Å²) in [5.41, 5.74) is -0.521. The standard InChI is InChI=1S/C9H14N2O2/c1-2-11-7(12)9(10-8(11)13)5-3-4-6-9/h2-6H2,1H3,(H,10,13). The fraction of sp³-hybridized carbons (Fsp3) is 0.778. The van der Waals surface area contributed by atoms with Crippen LogP contribution < -0.4 is 5.32 Å². The van der Waals surface area contributed by atoms with Gasteiger partial charge in [0.15, 0.2) is 0 Å². The summed E-state index contributed by atoms with van der Waals surface area (Å²) >= 11 is 0. The average molecular weight is 182 g/mol. The highest BCUT2D eigenvalue weighted by Gasteiger charge is 2.51. The summed E-state index contributed by atoms with van der Waals surface area (Å²) in [5.74, 6) is -0.0162. The van der Waals surface area contributed by atoms with E-state index in [0.29, 0.717) is 6.54 Å². The van der Waals surface area contributed by atoms with E-state index in [-0.39, 0.29) is 11.9 Å². The van der Waals surface area contributed by atoms with E-state index in [0.717, 1.165) is 25.7 Å². The molecule has 0 aromatic heterocycles. The number of likely N-dealkylation sites (N-methyl/N-ethyl adjacent to an activating group) is 1. The number of nitrogens with zero attached hydrogens (tertiary/aromatic N) is 1. The Morgan fingerprint density at radius 1 is 1.38 bits per heavy atom. The van der Waals surface area contributed by atoms with E-state index >= 15 is 0 Å². The van der Waals surface area contributed by atoms with Gasteiger partial charge in [-0.05, 0) is 19.8 Å². The van der Waals surface area contributed by atoms with Crippen molar-refractivity contribution in [3.8, 4) is 0 Å². The third-order valence-electron chi connectivity index (χ3n) is 3.02. The van der Waals surface area contributed by atoms with E-state index in [1.807, 2.05) is 6.92 Å². The van der Waals surface area contributed by atoms with Crippen LogP contribution in [0.3, 0.4) is 0 Å². The first kappa shape index (κ1) is 8.53. The third kappa shape index (κ3) is 1.04. The van der Waals surface area contributed by atoms with E-state index < -0.39 is 5.54 Å². The Morgan fingerprint density at radius 3 is 2.46 bits per heavy atom. The van der Waals surface area contributed by atoms with Crippen molar-refractivity contribution >= 4 is 11.9 Å². The van der Waals surface area contributed by atoms with Crippen molar-refractivity contribution in [2.45, 2.75) is 38.1 Å². The molecule has 0 aromatic rings. The summed E-state index contributed by atoms with van der Waals surface area (Å²) in [5, 5.41) is 2.82. The SMILES string of the molecule is CCN1C(=O)NC2(CCCC2)C1=O. The Labute approximate surface area is 77.3 Å². The first-order chi connectivity index (χ1) is 6.19. The normalized spacial score (nSPS) is 25.8. The van der Waals surface area contributed by atoms with Gasteiger partial charge >= 0.3 is 6.03 Å². The number of hydrogen-bond acceptors (Lipinski definition) is 2. The number of nitrogens with one attached hydrogen (secondary N) is 1. The smallest absolute Gasteiger partial charge is 0.323 e. The Balaban J connectivity index is 2.25. The zero-order valence-corrected chi connectivity index (χ0v) is 7.80. The van der Waals surface area contributed by atoms with Crippen LogP contribution in [0.5, 0.6) is 0 Å². The molecule has 1 aliphatic heterocycles. The van der Waals surface area contributed by atoms with Crippen LogP contribution in [0.25, 0.3) is 0 Å². The van der Waals surface area contributed by atoms with E-state index in [2.05, 4.69) is 5.32 Å². The third-order valence-corrected chi connectivity index (χ3v) is 3.02. The van der Waals surface area contributed by atoms with Crippen LogP contribution in [0.2, 0.25) is 0 Å². The van der Waals surface area contributed by atoms with Gasteiger partial charge in [-0.25, -0.2) is 4.79 Å². The van der Waals surface area contributed by atoms with Gasteiger partial charge in [0.05, 0.1) is 0 Å². The second kappa shape index (κ2) is 2.72. The molecule has 1 N–H and O–H groups in total. The predicted octanol–water partition coefficient (Wildman–Crippen LogP) is 0.871. The Kier molecular flexibility index (Phi) is 1.78. The number of rotatable bonds is 1. The first-order valence-corrected chi connectivity index (χ1v) is 4.84. The molecule has 2 aliphatic rings. The van der Waals surface area contributed by atoms with Crippen molar-refractivity contribution in [2.24, 2.45) is 0 Å². The second-order valence-electron chi connectivity index (χ2n) is 3.77. The molecule has 3 amide bonds. The fourth-order valence-corrected chi connectivity index (χ4v) is 2.28. The lowest BCUT2D eigenvalue weighted by Crippen LogP contribution is -2.44. The quantitative estimate of drug-likeness (QED) is 0.612. The number of carbonyl (C=O) groups is 2. The number of hydrogen-bond donors (Lipinski definition) is 1. The van der Waals surface area contributed by atoms with Crippen LogP contribution in [0.15, 0.2) is 0 Å². The van der Waals surface area contributed by atoms with E-state index in [9.17, 15) is 9.59 Å². The minimum Gasteiger partial charge on any atom is -0.323 e. The van der Waals surface area contributed by atoms with E-state index in [1.165, 1.54) is 4.90 Å². The second-order valence-corrected chi connectivity index (χ2v) is 3.77. The predicted molar refractivity (Wildman–Crippen MR) is 47.1 cm³/mol. The molecule has 0 aromatic carbocycles. The van der Waals surface area contributed by atoms with Gasteiger partial charge in [0.25, 0.3) is 5.91 Å². The van der Waals surface area contributed by atoms with Crippen molar-refractivity contribution in [3.05, 3.63) is 0 Å². The van der Waals surface area contributed by atoms with Crippen molar-refractivity contribution < 1.29 is 9.59 Å². The maximum absolute atomic E-state index is 11.8. The number of urea groups is 1. The van der Waals surface area contributed by atoms with Gasteiger partial charge in [-0.3, -0.25) is 9.69 Å². The van der Waals surface area contributed by atoms with Crippen molar-refractivity contribution in [1.82, 2.24) is 10.2 Å². The van der Waals surface area contributed by atoms with Crippen LogP contribution in [-0.4, -0.2) is 28.9 Å². The van der Waals surface area contributed by atoms with Crippen LogP contribution in [0, 0.1) is 0 Å². The minimum absolute atomic E-state index is 0.0162. The lowest BCUT2D eigenvalue weighted by molar-refractivity contribution is -0.130. The first-order valence-electron chi connectivity index (χ1n) is 4.84. The van der Waals surface area contributed by atoms with Gasteiger partial charge in [-0.15, -0.1) is 0 Å². The molecule has 1 saturated carbocycles. The monoisotopic (exact) mass is 182 g/mol. The number of imide groups is 1. The highest BCUT2D eigenvalue weighted by molar-refractivity contribution is 6.07. The van der Waals surface area contributed by atoms with Gasteiger partial charge < -0.3 is 5.32 Å². The zero-order valence-electron chi connectivity index (χ0n) is 7.80.